The first kappa shape index (κ1) is 23.3. The van der Waals surface area contributed by atoms with Crippen LogP contribution in [0.3, 0.4) is 0 Å². The van der Waals surface area contributed by atoms with E-state index in [0.29, 0.717) is 26.2 Å². The van der Waals surface area contributed by atoms with Crippen LogP contribution in [0.1, 0.15) is 17.7 Å². The van der Waals surface area contributed by atoms with Gasteiger partial charge in [-0.3, -0.25) is 9.48 Å². The standard InChI is InChI=1S/C19H21F6N7O/c1-11-15(12-8-27-31(9-12)10-14(33)30-6-3-26-4-7-30)28-17(29-16(11)19(23,24)25)32-5-2-13(32)18(20,21)22/h8-9,13,26H,2-7,10H2,1H3/t13-/m1/s1. The third-order valence-electron chi connectivity index (χ3n) is 5.73. The highest BCUT2D eigenvalue weighted by Gasteiger charge is 2.50. The van der Waals surface area contributed by atoms with Crippen LogP contribution in [0.4, 0.5) is 32.3 Å². The van der Waals surface area contributed by atoms with E-state index in [1.165, 1.54) is 17.1 Å². The van der Waals surface area contributed by atoms with E-state index in [9.17, 15) is 31.1 Å². The minimum Gasteiger partial charge on any atom is -0.339 e. The van der Waals surface area contributed by atoms with Gasteiger partial charge in [0.05, 0.1) is 11.9 Å². The Labute approximate surface area is 184 Å². The molecule has 1 atom stereocenters. The molecule has 0 bridgehead atoms. The molecule has 1 amide bonds. The second-order valence-corrected chi connectivity index (χ2v) is 7.94. The normalized spacial score (nSPS) is 19.5. The Morgan fingerprint density at radius 2 is 1.82 bits per heavy atom. The molecule has 4 rings (SSSR count). The second kappa shape index (κ2) is 8.47. The van der Waals surface area contributed by atoms with Crippen molar-refractivity contribution in [3.8, 4) is 11.3 Å². The van der Waals surface area contributed by atoms with Gasteiger partial charge < -0.3 is 15.1 Å². The Morgan fingerprint density at radius 3 is 2.39 bits per heavy atom. The Morgan fingerprint density at radius 1 is 1.12 bits per heavy atom. The molecule has 4 heterocycles. The molecule has 180 valence electrons. The summed E-state index contributed by atoms with van der Waals surface area (Å²) in [4.78, 5) is 22.3. The maximum absolute atomic E-state index is 13.6. The van der Waals surface area contributed by atoms with E-state index in [-0.39, 0.29) is 42.2 Å². The number of aromatic nitrogens is 4. The van der Waals surface area contributed by atoms with Crippen LogP contribution < -0.4 is 10.2 Å². The van der Waals surface area contributed by atoms with Gasteiger partial charge in [-0.2, -0.15) is 31.4 Å². The van der Waals surface area contributed by atoms with Crippen molar-refractivity contribution in [2.24, 2.45) is 0 Å². The number of nitrogens with zero attached hydrogens (tertiary/aromatic N) is 6. The van der Waals surface area contributed by atoms with E-state index in [4.69, 9.17) is 0 Å². The average molecular weight is 477 g/mol. The van der Waals surface area contributed by atoms with E-state index in [0.717, 1.165) is 11.8 Å². The lowest BCUT2D eigenvalue weighted by atomic mass is 10.0. The van der Waals surface area contributed by atoms with Crippen LogP contribution in [0.2, 0.25) is 0 Å². The minimum atomic E-state index is -4.89. The summed E-state index contributed by atoms with van der Waals surface area (Å²) in [7, 11) is 0. The van der Waals surface area contributed by atoms with E-state index in [1.807, 2.05) is 0 Å². The van der Waals surface area contributed by atoms with Gasteiger partial charge in [0, 0.05) is 50.0 Å². The zero-order chi connectivity index (χ0) is 24.0. The predicted molar refractivity (Wildman–Crippen MR) is 104 cm³/mol. The van der Waals surface area contributed by atoms with Gasteiger partial charge in [0.1, 0.15) is 12.6 Å². The summed E-state index contributed by atoms with van der Waals surface area (Å²) in [6.45, 7) is 3.32. The fraction of sp³-hybridized carbons (Fsp3) is 0.579. The molecule has 0 saturated carbocycles. The van der Waals surface area contributed by atoms with Crippen LogP contribution in [0.5, 0.6) is 0 Å². The van der Waals surface area contributed by atoms with Crippen LogP contribution in [-0.2, 0) is 17.5 Å². The number of hydrogen-bond donors (Lipinski definition) is 1. The maximum Gasteiger partial charge on any atom is 0.433 e. The van der Waals surface area contributed by atoms with Gasteiger partial charge in [-0.1, -0.05) is 0 Å². The Balaban J connectivity index is 1.65. The van der Waals surface area contributed by atoms with Gasteiger partial charge in [-0.25, -0.2) is 9.97 Å². The number of rotatable bonds is 4. The third kappa shape index (κ3) is 4.75. The molecule has 0 aromatic carbocycles. The van der Waals surface area contributed by atoms with Crippen LogP contribution in [-0.4, -0.2) is 75.5 Å². The Bertz CT molecular complexity index is 1030. The van der Waals surface area contributed by atoms with Crippen molar-refractivity contribution in [1.82, 2.24) is 30.0 Å². The molecule has 1 N–H and O–H groups in total. The number of carbonyl (C=O) groups excluding carboxylic acids is 1. The molecular formula is C19H21F6N7O. The van der Waals surface area contributed by atoms with Crippen molar-refractivity contribution in [2.45, 2.75) is 38.3 Å². The first-order valence-corrected chi connectivity index (χ1v) is 10.3. The molecule has 0 spiro atoms. The lowest BCUT2D eigenvalue weighted by molar-refractivity contribution is -0.160. The molecular weight excluding hydrogens is 456 g/mol. The summed E-state index contributed by atoms with van der Waals surface area (Å²) in [6, 6.07) is -1.94. The molecule has 8 nitrogen and oxygen atoms in total. The minimum absolute atomic E-state index is 0.109. The number of alkyl halides is 6. The number of anilines is 1. The molecule has 2 aliphatic rings. The summed E-state index contributed by atoms with van der Waals surface area (Å²) in [5.74, 6) is -0.836. The highest BCUT2D eigenvalue weighted by Crippen LogP contribution is 2.40. The largest absolute Gasteiger partial charge is 0.433 e. The van der Waals surface area contributed by atoms with Crippen molar-refractivity contribution in [3.63, 3.8) is 0 Å². The molecule has 0 radical (unpaired) electrons. The van der Waals surface area contributed by atoms with Gasteiger partial charge in [0.2, 0.25) is 11.9 Å². The third-order valence-corrected chi connectivity index (χ3v) is 5.73. The van der Waals surface area contributed by atoms with Crippen LogP contribution in [0.25, 0.3) is 11.3 Å². The van der Waals surface area contributed by atoms with E-state index < -0.39 is 30.0 Å². The molecule has 2 aromatic heterocycles. The summed E-state index contributed by atoms with van der Waals surface area (Å²) in [5, 5.41) is 7.16. The lowest BCUT2D eigenvalue weighted by Gasteiger charge is -2.42. The molecule has 2 saturated heterocycles. The first-order chi connectivity index (χ1) is 15.4. The number of piperazine rings is 1. The van der Waals surface area contributed by atoms with Crippen LogP contribution >= 0.6 is 0 Å². The number of amides is 1. The summed E-state index contributed by atoms with van der Waals surface area (Å²) in [6.07, 6.45) is -7.15. The van der Waals surface area contributed by atoms with Gasteiger partial charge in [0.15, 0.2) is 5.69 Å². The van der Waals surface area contributed by atoms with Crippen molar-refractivity contribution in [3.05, 3.63) is 23.7 Å². The zero-order valence-electron chi connectivity index (χ0n) is 17.5. The average Bonchev–Trinajstić information content (AvgIpc) is 3.15. The monoisotopic (exact) mass is 477 g/mol. The highest BCUT2D eigenvalue weighted by molar-refractivity contribution is 5.76. The molecule has 0 aliphatic carbocycles. The fourth-order valence-corrected chi connectivity index (χ4v) is 3.88. The fourth-order valence-electron chi connectivity index (χ4n) is 3.88. The molecule has 14 heteroatoms. The SMILES string of the molecule is Cc1c(-c2cnn(CC(=O)N3CCNCC3)c2)nc(N2CC[C@@H]2C(F)(F)F)nc1C(F)(F)F. The quantitative estimate of drug-likeness (QED) is 0.681. The molecule has 2 fully saturated rings. The number of nitrogens with one attached hydrogen (secondary N) is 1. The van der Waals surface area contributed by atoms with Crippen LogP contribution in [0.15, 0.2) is 12.4 Å². The smallest absolute Gasteiger partial charge is 0.339 e. The summed E-state index contributed by atoms with van der Waals surface area (Å²) in [5.41, 5.74) is -1.66. The van der Waals surface area contributed by atoms with E-state index in [1.54, 1.807) is 4.90 Å². The number of halogens is 6. The van der Waals surface area contributed by atoms with Crippen molar-refractivity contribution >= 4 is 11.9 Å². The van der Waals surface area contributed by atoms with Gasteiger partial charge in [-0.05, 0) is 13.3 Å². The lowest BCUT2D eigenvalue weighted by Crippen LogP contribution is -2.56. The molecule has 2 aromatic rings. The molecule has 0 unspecified atom stereocenters. The predicted octanol–water partition coefficient (Wildman–Crippen LogP) is 2.24. The Hall–Kier alpha value is -2.90. The van der Waals surface area contributed by atoms with Crippen molar-refractivity contribution in [2.75, 3.05) is 37.6 Å². The van der Waals surface area contributed by atoms with E-state index in [2.05, 4.69) is 20.4 Å². The van der Waals surface area contributed by atoms with Gasteiger partial charge >= 0.3 is 12.4 Å². The second-order valence-electron chi connectivity index (χ2n) is 7.94. The summed E-state index contributed by atoms with van der Waals surface area (Å²) < 4.78 is 81.7. The van der Waals surface area contributed by atoms with Crippen LogP contribution in [0, 0.1) is 6.92 Å². The topological polar surface area (TPSA) is 79.2 Å². The number of hydrogen-bond acceptors (Lipinski definition) is 6. The Kier molecular flexibility index (Phi) is 5.97. The summed E-state index contributed by atoms with van der Waals surface area (Å²) >= 11 is 0. The van der Waals surface area contributed by atoms with Crippen molar-refractivity contribution < 1.29 is 31.1 Å². The first-order valence-electron chi connectivity index (χ1n) is 10.3. The van der Waals surface area contributed by atoms with E-state index >= 15 is 0 Å². The zero-order valence-corrected chi connectivity index (χ0v) is 17.5. The van der Waals surface area contributed by atoms with Crippen molar-refractivity contribution in [1.29, 1.82) is 0 Å². The van der Waals surface area contributed by atoms with Gasteiger partial charge in [-0.15, -0.1) is 0 Å². The highest BCUT2D eigenvalue weighted by atomic mass is 19.4. The molecule has 2 aliphatic heterocycles. The molecule has 33 heavy (non-hydrogen) atoms. The number of carbonyl (C=O) groups is 1. The van der Waals surface area contributed by atoms with Gasteiger partial charge in [0.25, 0.3) is 0 Å². The maximum atomic E-state index is 13.6.